The van der Waals surface area contributed by atoms with Crippen LogP contribution in [0, 0.1) is 5.82 Å². The van der Waals surface area contributed by atoms with Gasteiger partial charge in [0.25, 0.3) is 0 Å². The number of nitrogens with one attached hydrogen (secondary N) is 1. The number of ether oxygens (including phenoxy) is 4. The summed E-state index contributed by atoms with van der Waals surface area (Å²) in [4.78, 5) is 6.66. The number of halogens is 1. The summed E-state index contributed by atoms with van der Waals surface area (Å²) in [5.41, 5.74) is 0.421. The second kappa shape index (κ2) is 13.8. The summed E-state index contributed by atoms with van der Waals surface area (Å²) in [5, 5.41) is 112. The average Bonchev–Trinajstić information content (AvgIpc) is 3.41. The molecule has 0 radical (unpaired) electrons. The molecular weight excluding hydrogens is 575 g/mol. The number of nitrogens with zero attached hydrogens (tertiary/aromatic N) is 1. The van der Waals surface area contributed by atoms with Crippen LogP contribution in [0.5, 0.6) is 0 Å². The first-order valence-corrected chi connectivity index (χ1v) is 13.0. The van der Waals surface area contributed by atoms with Crippen LogP contribution in [0.3, 0.4) is 0 Å². The van der Waals surface area contributed by atoms with Gasteiger partial charge in [-0.05, 0) is 18.2 Å². The molecule has 17 nitrogen and oxygen atoms in total. The quantitative estimate of drug-likeness (QED) is 0.113. The lowest BCUT2D eigenvalue weighted by Gasteiger charge is -2.46. The van der Waals surface area contributed by atoms with Crippen molar-refractivity contribution in [2.24, 2.45) is 0 Å². The lowest BCUT2D eigenvalue weighted by Crippen LogP contribution is -2.65. The zero-order chi connectivity index (χ0) is 30.9. The van der Waals surface area contributed by atoms with Gasteiger partial charge in [-0.1, -0.05) is 0 Å². The van der Waals surface area contributed by atoms with Crippen molar-refractivity contribution in [3.05, 3.63) is 29.8 Å². The van der Waals surface area contributed by atoms with E-state index in [9.17, 15) is 60.6 Å². The Bertz CT molecular complexity index is 1160. The molecule has 1 aromatic heterocycles. The number of rotatable bonds is 11. The van der Waals surface area contributed by atoms with Crippen LogP contribution in [0.25, 0.3) is 11.0 Å². The van der Waals surface area contributed by atoms with E-state index in [2.05, 4.69) is 9.97 Å². The SMILES string of the molecule is OCC1O[C@H](O[C@@H]2C(CO)O[C@H](O[C@H](C(O)CO)C(O)C(O)c3nc4ccc(F)cc4[nH]3)C(O)C2O)C(O)C(O)[C@@H]1O. The molecule has 9 unspecified atom stereocenters. The van der Waals surface area contributed by atoms with Crippen LogP contribution in [0.15, 0.2) is 18.2 Å². The molecule has 18 heteroatoms. The van der Waals surface area contributed by atoms with Gasteiger partial charge in [-0.3, -0.25) is 0 Å². The van der Waals surface area contributed by atoms with E-state index in [1.54, 1.807) is 0 Å². The third kappa shape index (κ3) is 6.58. The summed E-state index contributed by atoms with van der Waals surface area (Å²) in [6.45, 7) is -2.67. The molecule has 14 atom stereocenters. The molecule has 0 saturated carbocycles. The molecule has 1 aromatic carbocycles. The number of imidazole rings is 1. The summed E-state index contributed by atoms with van der Waals surface area (Å²) in [7, 11) is 0. The zero-order valence-electron chi connectivity index (χ0n) is 21.8. The molecule has 4 rings (SSSR count). The second-order valence-electron chi connectivity index (χ2n) is 10.1. The van der Waals surface area contributed by atoms with Gasteiger partial charge in [0.05, 0.1) is 30.9 Å². The van der Waals surface area contributed by atoms with Crippen molar-refractivity contribution in [2.75, 3.05) is 19.8 Å². The summed E-state index contributed by atoms with van der Waals surface area (Å²) >= 11 is 0. The maximum absolute atomic E-state index is 13.5. The number of H-pyrrole nitrogens is 1. The number of hydrogen-bond donors (Lipinski definition) is 12. The van der Waals surface area contributed by atoms with Gasteiger partial charge in [-0.15, -0.1) is 0 Å². The van der Waals surface area contributed by atoms with E-state index < -0.39 is 111 Å². The van der Waals surface area contributed by atoms with Crippen molar-refractivity contribution in [2.45, 2.75) is 85.8 Å². The van der Waals surface area contributed by atoms with E-state index in [1.807, 2.05) is 0 Å². The van der Waals surface area contributed by atoms with Crippen LogP contribution in [-0.4, -0.2) is 166 Å². The van der Waals surface area contributed by atoms with Gasteiger partial charge in [0.1, 0.15) is 84.9 Å². The van der Waals surface area contributed by atoms with Crippen LogP contribution in [0.1, 0.15) is 11.9 Å². The average molecular weight is 611 g/mol. The third-order valence-corrected chi connectivity index (χ3v) is 7.22. The first-order chi connectivity index (χ1) is 19.9. The monoisotopic (exact) mass is 610 g/mol. The van der Waals surface area contributed by atoms with Crippen LogP contribution >= 0.6 is 0 Å². The predicted molar refractivity (Wildman–Crippen MR) is 131 cm³/mol. The van der Waals surface area contributed by atoms with Gasteiger partial charge in [0, 0.05) is 0 Å². The molecule has 2 fully saturated rings. The molecule has 2 aromatic rings. The molecule has 238 valence electrons. The summed E-state index contributed by atoms with van der Waals surface area (Å²) in [6.07, 6.45) is -25.4. The lowest BCUT2D eigenvalue weighted by molar-refractivity contribution is -0.368. The molecule has 0 amide bonds. The van der Waals surface area contributed by atoms with Crippen molar-refractivity contribution >= 4 is 11.0 Å². The Hall–Kier alpha value is -1.98. The smallest absolute Gasteiger partial charge is 0.187 e. The van der Waals surface area contributed by atoms with Gasteiger partial charge in [0.2, 0.25) is 0 Å². The van der Waals surface area contributed by atoms with E-state index in [4.69, 9.17) is 18.9 Å². The number of hydrogen-bond acceptors (Lipinski definition) is 16. The second-order valence-corrected chi connectivity index (χ2v) is 10.1. The highest BCUT2D eigenvalue weighted by atomic mass is 19.1. The van der Waals surface area contributed by atoms with Gasteiger partial charge in [0.15, 0.2) is 12.6 Å². The van der Waals surface area contributed by atoms with Gasteiger partial charge in [-0.25, -0.2) is 9.37 Å². The number of fused-ring (bicyclic) bond motifs is 1. The fourth-order valence-electron chi connectivity index (χ4n) is 4.81. The van der Waals surface area contributed by atoms with Crippen molar-refractivity contribution < 1.29 is 79.5 Å². The van der Waals surface area contributed by atoms with Crippen molar-refractivity contribution in [1.29, 1.82) is 0 Å². The van der Waals surface area contributed by atoms with Gasteiger partial charge in [-0.2, -0.15) is 0 Å². The molecule has 0 bridgehead atoms. The minimum absolute atomic E-state index is 0.182. The van der Waals surface area contributed by atoms with Crippen LogP contribution in [0.4, 0.5) is 4.39 Å². The van der Waals surface area contributed by atoms with Crippen LogP contribution < -0.4 is 0 Å². The molecule has 2 aliphatic rings. The maximum Gasteiger partial charge on any atom is 0.187 e. The molecule has 12 N–H and O–H groups in total. The predicted octanol–water partition coefficient (Wildman–Crippen LogP) is -5.54. The Morgan fingerprint density at radius 1 is 0.857 bits per heavy atom. The highest BCUT2D eigenvalue weighted by molar-refractivity contribution is 5.75. The van der Waals surface area contributed by atoms with Crippen LogP contribution in [0.2, 0.25) is 0 Å². The maximum atomic E-state index is 13.5. The molecule has 42 heavy (non-hydrogen) atoms. The number of aliphatic hydroxyl groups excluding tert-OH is 11. The van der Waals surface area contributed by atoms with Crippen LogP contribution in [-0.2, 0) is 18.9 Å². The Morgan fingerprint density at radius 2 is 1.50 bits per heavy atom. The Balaban J connectivity index is 1.49. The van der Waals surface area contributed by atoms with E-state index in [1.165, 1.54) is 6.07 Å². The Morgan fingerprint density at radius 3 is 2.14 bits per heavy atom. The van der Waals surface area contributed by atoms with E-state index in [0.717, 1.165) is 12.1 Å². The number of aliphatic hydroxyl groups is 11. The lowest BCUT2D eigenvalue weighted by atomic mass is 9.96. The molecule has 2 aliphatic heterocycles. The van der Waals surface area contributed by atoms with Crippen molar-refractivity contribution in [1.82, 2.24) is 9.97 Å². The summed E-state index contributed by atoms with van der Waals surface area (Å²) in [6, 6.07) is 3.52. The Labute approximate surface area is 236 Å². The summed E-state index contributed by atoms with van der Waals surface area (Å²) < 4.78 is 35.2. The Kier molecular flexibility index (Phi) is 10.8. The largest absolute Gasteiger partial charge is 0.394 e. The third-order valence-electron chi connectivity index (χ3n) is 7.22. The van der Waals surface area contributed by atoms with Gasteiger partial charge >= 0.3 is 0 Å². The number of aromatic amines is 1. The van der Waals surface area contributed by atoms with Gasteiger partial charge < -0.3 is 80.1 Å². The fourth-order valence-corrected chi connectivity index (χ4v) is 4.81. The zero-order valence-corrected chi connectivity index (χ0v) is 21.8. The molecule has 2 saturated heterocycles. The van der Waals surface area contributed by atoms with Crippen molar-refractivity contribution in [3.63, 3.8) is 0 Å². The minimum atomic E-state index is -2.05. The molecule has 0 spiro atoms. The first kappa shape index (κ1) is 32.9. The molecular formula is C24H35FN2O15. The van der Waals surface area contributed by atoms with E-state index >= 15 is 0 Å². The number of benzene rings is 1. The van der Waals surface area contributed by atoms with Crippen molar-refractivity contribution in [3.8, 4) is 0 Å². The highest BCUT2D eigenvalue weighted by Crippen LogP contribution is 2.31. The molecule has 0 aliphatic carbocycles. The first-order valence-electron chi connectivity index (χ1n) is 13.0. The van der Waals surface area contributed by atoms with E-state index in [-0.39, 0.29) is 16.9 Å². The van der Waals surface area contributed by atoms with E-state index in [0.29, 0.717) is 0 Å². The number of aromatic nitrogens is 2. The highest BCUT2D eigenvalue weighted by Gasteiger charge is 2.52. The molecule has 3 heterocycles. The fraction of sp³-hybridized carbons (Fsp3) is 0.708. The minimum Gasteiger partial charge on any atom is -0.394 e. The standard InChI is InChI=1S/C24H35FN2O15/c25-7-1-2-8-9(3-7)27-22(26-8)17(36)15(34)20(10(31)4-28)41-24-19(38)16(35)21(12(6-30)40-24)42-23-18(37)14(33)13(32)11(5-29)39-23/h1-3,10-21,23-24,28-38H,4-6H2,(H,26,27)/t10?,11?,12?,13-,14?,15?,16?,17?,18?,19?,20-,21-,23-,24-/m1/s1. The topological polar surface area (TPSA) is 288 Å². The normalized spacial score (nSPS) is 37.0. The summed E-state index contributed by atoms with van der Waals surface area (Å²) in [5.74, 6) is -0.855.